The van der Waals surface area contributed by atoms with Crippen LogP contribution in [-0.4, -0.2) is 50.2 Å². The Bertz CT molecular complexity index is 568. The molecule has 1 saturated heterocycles. The average molecular weight is 280 g/mol. The molecule has 0 aromatic carbocycles. The van der Waals surface area contributed by atoms with Gasteiger partial charge < -0.3 is 19.7 Å². The maximum absolute atomic E-state index is 12.0. The molecule has 0 spiro atoms. The maximum atomic E-state index is 12.0. The Morgan fingerprint density at radius 1 is 1.35 bits per heavy atom. The van der Waals surface area contributed by atoms with Gasteiger partial charge in [0.05, 0.1) is 6.10 Å². The predicted octanol–water partition coefficient (Wildman–Crippen LogP) is -0.715. The van der Waals surface area contributed by atoms with Gasteiger partial charge in [-0.3, -0.25) is 9.59 Å². The number of carbonyl (C=O) groups excluding carboxylic acids is 1. The Morgan fingerprint density at radius 2 is 2.10 bits per heavy atom. The maximum Gasteiger partial charge on any atom is 0.326 e. The lowest BCUT2D eigenvalue weighted by Gasteiger charge is -2.21. The van der Waals surface area contributed by atoms with Crippen molar-refractivity contribution >= 4 is 11.9 Å². The van der Waals surface area contributed by atoms with Crippen LogP contribution in [0.2, 0.25) is 0 Å². The fourth-order valence-electron chi connectivity index (χ4n) is 2.33. The Balaban J connectivity index is 2.00. The molecule has 108 valence electrons. The monoisotopic (exact) mass is 280 g/mol. The van der Waals surface area contributed by atoms with E-state index in [1.807, 2.05) is 0 Å². The summed E-state index contributed by atoms with van der Waals surface area (Å²) in [5.41, 5.74) is -0.212. The number of hydrogen-bond donors (Lipinski definition) is 2. The molecule has 2 N–H and O–H groups in total. The predicted molar refractivity (Wildman–Crippen MR) is 69.1 cm³/mol. The number of aliphatic hydroxyl groups excluding tert-OH is 1. The van der Waals surface area contributed by atoms with E-state index in [9.17, 15) is 19.5 Å². The van der Waals surface area contributed by atoms with Crippen LogP contribution >= 0.6 is 0 Å². The Kier molecular flexibility index (Phi) is 4.19. The van der Waals surface area contributed by atoms with E-state index in [-0.39, 0.29) is 37.4 Å². The summed E-state index contributed by atoms with van der Waals surface area (Å²) in [6, 6.07) is 3.71. The highest BCUT2D eigenvalue weighted by atomic mass is 16.4. The molecule has 2 atom stereocenters. The number of β-amino-alcohol motifs (C(OH)–C–C–N with tert-alkyl or cyclic N) is 1. The lowest BCUT2D eigenvalue weighted by atomic mass is 10.2. The largest absolute Gasteiger partial charge is 0.480 e. The second kappa shape index (κ2) is 5.87. The molecule has 1 fully saturated rings. The summed E-state index contributed by atoms with van der Waals surface area (Å²) in [4.78, 5) is 35.7. The van der Waals surface area contributed by atoms with Crippen molar-refractivity contribution in [1.29, 1.82) is 0 Å². The minimum absolute atomic E-state index is 0.0273. The van der Waals surface area contributed by atoms with Gasteiger partial charge in [-0.15, -0.1) is 0 Å². The van der Waals surface area contributed by atoms with Crippen molar-refractivity contribution < 1.29 is 19.8 Å². The van der Waals surface area contributed by atoms with E-state index in [1.54, 1.807) is 18.3 Å². The zero-order valence-electron chi connectivity index (χ0n) is 10.8. The summed E-state index contributed by atoms with van der Waals surface area (Å²) in [6.45, 7) is 0.219. The molecule has 0 aliphatic carbocycles. The summed E-state index contributed by atoms with van der Waals surface area (Å²) in [6.07, 6.45) is 0.843. The van der Waals surface area contributed by atoms with E-state index >= 15 is 0 Å². The quantitative estimate of drug-likeness (QED) is 0.758. The molecule has 0 radical (unpaired) electrons. The molecular weight excluding hydrogens is 264 g/mol. The number of nitrogens with zero attached hydrogens (tertiary/aromatic N) is 2. The van der Waals surface area contributed by atoms with Crippen molar-refractivity contribution in [3.8, 4) is 0 Å². The summed E-state index contributed by atoms with van der Waals surface area (Å²) in [7, 11) is 0. The smallest absolute Gasteiger partial charge is 0.326 e. The van der Waals surface area contributed by atoms with Gasteiger partial charge in [0.25, 0.3) is 5.56 Å². The van der Waals surface area contributed by atoms with E-state index in [1.165, 1.54) is 15.5 Å². The lowest BCUT2D eigenvalue weighted by Crippen LogP contribution is -2.41. The molecule has 1 aliphatic heterocycles. The van der Waals surface area contributed by atoms with E-state index in [0.29, 0.717) is 0 Å². The molecule has 7 nitrogen and oxygen atoms in total. The zero-order valence-corrected chi connectivity index (χ0v) is 10.8. The standard InChI is InChI=1S/C13H16N2O5/c16-9-7-10(13(19)20)15(8-9)12(18)4-6-14-5-2-1-3-11(14)17/h1-3,5,9-10,16H,4,6-8H2,(H,19,20)/t9-,10+/m1/s1. The molecule has 1 aliphatic rings. The highest BCUT2D eigenvalue weighted by molar-refractivity contribution is 5.84. The number of hydrogen-bond acceptors (Lipinski definition) is 4. The number of aliphatic carboxylic acids is 1. The molecular formula is C13H16N2O5. The number of aliphatic hydroxyl groups is 1. The third kappa shape index (κ3) is 3.05. The van der Waals surface area contributed by atoms with E-state index < -0.39 is 18.1 Å². The first-order chi connectivity index (χ1) is 9.49. The van der Waals surface area contributed by atoms with Gasteiger partial charge in [0, 0.05) is 38.2 Å². The molecule has 0 unspecified atom stereocenters. The average Bonchev–Trinajstić information content (AvgIpc) is 2.80. The first-order valence-corrected chi connectivity index (χ1v) is 6.35. The van der Waals surface area contributed by atoms with Gasteiger partial charge >= 0.3 is 5.97 Å². The van der Waals surface area contributed by atoms with Gasteiger partial charge in [-0.05, 0) is 6.07 Å². The zero-order chi connectivity index (χ0) is 14.7. The molecule has 1 aromatic rings. The first kappa shape index (κ1) is 14.3. The molecule has 20 heavy (non-hydrogen) atoms. The Hall–Kier alpha value is -2.15. The number of likely N-dealkylation sites (tertiary alicyclic amines) is 1. The molecule has 2 rings (SSSR count). The number of rotatable bonds is 4. The topological polar surface area (TPSA) is 99.8 Å². The fraction of sp³-hybridized carbons (Fsp3) is 0.462. The van der Waals surface area contributed by atoms with Gasteiger partial charge in [-0.2, -0.15) is 0 Å². The fourth-order valence-corrected chi connectivity index (χ4v) is 2.33. The van der Waals surface area contributed by atoms with Crippen molar-refractivity contribution in [3.05, 3.63) is 34.7 Å². The first-order valence-electron chi connectivity index (χ1n) is 6.35. The molecule has 7 heteroatoms. The number of carbonyl (C=O) groups is 2. The van der Waals surface area contributed by atoms with Gasteiger partial charge in [-0.1, -0.05) is 6.07 Å². The number of amides is 1. The highest BCUT2D eigenvalue weighted by Crippen LogP contribution is 2.19. The molecule has 1 aromatic heterocycles. The van der Waals surface area contributed by atoms with Crippen LogP contribution < -0.4 is 5.56 Å². The number of carboxylic acids is 1. The van der Waals surface area contributed by atoms with Gasteiger partial charge in [0.15, 0.2) is 0 Å². The van der Waals surface area contributed by atoms with Gasteiger partial charge in [-0.25, -0.2) is 4.79 Å². The SMILES string of the molecule is O=C(O)[C@@H]1C[C@@H](O)CN1C(=O)CCn1ccccc1=O. The van der Waals surface area contributed by atoms with Crippen LogP contribution in [0.4, 0.5) is 0 Å². The van der Waals surface area contributed by atoms with E-state index in [2.05, 4.69) is 0 Å². The van der Waals surface area contributed by atoms with Gasteiger partial charge in [0.2, 0.25) is 5.91 Å². The van der Waals surface area contributed by atoms with Crippen LogP contribution in [0.5, 0.6) is 0 Å². The number of aromatic nitrogens is 1. The van der Waals surface area contributed by atoms with Crippen LogP contribution in [0.1, 0.15) is 12.8 Å². The molecule has 0 saturated carbocycles. The lowest BCUT2D eigenvalue weighted by molar-refractivity contribution is -0.148. The van der Waals surface area contributed by atoms with Crippen LogP contribution in [-0.2, 0) is 16.1 Å². The van der Waals surface area contributed by atoms with Crippen molar-refractivity contribution in [2.24, 2.45) is 0 Å². The minimum atomic E-state index is -1.12. The van der Waals surface area contributed by atoms with Crippen LogP contribution in [0.25, 0.3) is 0 Å². The Labute approximate surface area is 115 Å². The second-order valence-electron chi connectivity index (χ2n) is 4.77. The molecule has 1 amide bonds. The van der Waals surface area contributed by atoms with Crippen molar-refractivity contribution in [2.75, 3.05) is 6.54 Å². The van der Waals surface area contributed by atoms with E-state index in [0.717, 1.165) is 0 Å². The third-order valence-corrected chi connectivity index (χ3v) is 3.35. The van der Waals surface area contributed by atoms with Crippen LogP contribution in [0.15, 0.2) is 29.2 Å². The normalized spacial score (nSPS) is 21.9. The van der Waals surface area contributed by atoms with Crippen LogP contribution in [0, 0.1) is 0 Å². The molecule has 0 bridgehead atoms. The van der Waals surface area contributed by atoms with Crippen LogP contribution in [0.3, 0.4) is 0 Å². The van der Waals surface area contributed by atoms with Crippen molar-refractivity contribution in [3.63, 3.8) is 0 Å². The minimum Gasteiger partial charge on any atom is -0.480 e. The number of carboxylic acid groups (broad SMARTS) is 1. The Morgan fingerprint density at radius 3 is 2.75 bits per heavy atom. The van der Waals surface area contributed by atoms with Crippen molar-refractivity contribution in [1.82, 2.24) is 9.47 Å². The number of pyridine rings is 1. The summed E-state index contributed by atoms with van der Waals surface area (Å²) < 4.78 is 1.39. The highest BCUT2D eigenvalue weighted by Gasteiger charge is 2.38. The molecule has 2 heterocycles. The summed E-state index contributed by atoms with van der Waals surface area (Å²) in [5.74, 6) is -1.49. The van der Waals surface area contributed by atoms with Crippen molar-refractivity contribution in [2.45, 2.75) is 31.5 Å². The second-order valence-corrected chi connectivity index (χ2v) is 4.77. The van der Waals surface area contributed by atoms with E-state index in [4.69, 9.17) is 5.11 Å². The number of aryl methyl sites for hydroxylation is 1. The summed E-state index contributed by atoms with van der Waals surface area (Å²) in [5, 5.41) is 18.5. The third-order valence-electron chi connectivity index (χ3n) is 3.35. The van der Waals surface area contributed by atoms with Gasteiger partial charge in [0.1, 0.15) is 6.04 Å². The summed E-state index contributed by atoms with van der Waals surface area (Å²) >= 11 is 0.